The molecule has 0 aliphatic carbocycles. The summed E-state index contributed by atoms with van der Waals surface area (Å²) in [6.45, 7) is 2.04. The van der Waals surface area contributed by atoms with E-state index in [9.17, 15) is 9.18 Å². The van der Waals surface area contributed by atoms with Crippen molar-refractivity contribution in [2.24, 2.45) is 0 Å². The molecule has 1 heterocycles. The third-order valence-electron chi connectivity index (χ3n) is 3.80. The Morgan fingerprint density at radius 2 is 1.84 bits per heavy atom. The highest BCUT2D eigenvalue weighted by atomic mass is 32.2. The third kappa shape index (κ3) is 3.62. The maximum Gasteiger partial charge on any atom is 0.348 e. The Morgan fingerprint density at radius 3 is 2.48 bits per heavy atom. The number of benzene rings is 2. The van der Waals surface area contributed by atoms with Crippen molar-refractivity contribution in [1.29, 1.82) is 0 Å². The number of esters is 1. The first-order valence-electron chi connectivity index (χ1n) is 7.83. The summed E-state index contributed by atoms with van der Waals surface area (Å²) in [5.41, 5.74) is 2.79. The van der Waals surface area contributed by atoms with Crippen LogP contribution in [0, 0.1) is 5.82 Å². The van der Waals surface area contributed by atoms with Crippen molar-refractivity contribution in [2.45, 2.75) is 11.8 Å². The second kappa shape index (κ2) is 7.85. The van der Waals surface area contributed by atoms with E-state index in [1.165, 1.54) is 17.4 Å². The summed E-state index contributed by atoms with van der Waals surface area (Å²) in [5.74, 6) is -0.772. The number of thiophene rings is 1. The fraction of sp³-hybridized carbons (Fsp3) is 0.150. The zero-order chi connectivity index (χ0) is 17.8. The van der Waals surface area contributed by atoms with Crippen molar-refractivity contribution < 1.29 is 13.9 Å². The lowest BCUT2D eigenvalue weighted by molar-refractivity contribution is 0.0533. The molecule has 0 saturated carbocycles. The summed E-state index contributed by atoms with van der Waals surface area (Å²) in [5, 5.41) is 1.89. The minimum atomic E-state index is -0.419. The van der Waals surface area contributed by atoms with Crippen LogP contribution in [0.1, 0.15) is 16.6 Å². The Balaban J connectivity index is 2.18. The van der Waals surface area contributed by atoms with Gasteiger partial charge in [0.15, 0.2) is 0 Å². The first kappa shape index (κ1) is 17.7. The molecule has 1 aromatic heterocycles. The molecule has 0 saturated heterocycles. The van der Waals surface area contributed by atoms with Crippen molar-refractivity contribution in [3.8, 4) is 22.3 Å². The van der Waals surface area contributed by atoms with Gasteiger partial charge in [0.1, 0.15) is 10.7 Å². The van der Waals surface area contributed by atoms with Crippen LogP contribution < -0.4 is 0 Å². The Bertz CT molecular complexity index is 885. The average molecular weight is 372 g/mol. The lowest BCUT2D eigenvalue weighted by Gasteiger charge is -2.09. The van der Waals surface area contributed by atoms with Gasteiger partial charge in [-0.05, 0) is 36.9 Å². The molecule has 0 amide bonds. The molecule has 3 aromatic rings. The fourth-order valence-corrected chi connectivity index (χ4v) is 4.01. The molecule has 0 aliphatic heterocycles. The highest BCUT2D eigenvalue weighted by Crippen LogP contribution is 2.41. The molecule has 2 nitrogen and oxygen atoms in total. The first-order valence-corrected chi connectivity index (χ1v) is 9.94. The van der Waals surface area contributed by atoms with Crippen LogP contribution >= 0.6 is 23.1 Å². The number of ether oxygens (including phenoxy) is 1. The normalized spacial score (nSPS) is 10.7. The van der Waals surface area contributed by atoms with E-state index in [1.54, 1.807) is 36.9 Å². The van der Waals surface area contributed by atoms with Crippen LogP contribution in [0.25, 0.3) is 22.3 Å². The molecule has 0 N–H and O–H groups in total. The van der Waals surface area contributed by atoms with Gasteiger partial charge in [0.25, 0.3) is 0 Å². The minimum absolute atomic E-state index is 0.283. The molecule has 0 spiro atoms. The first-order chi connectivity index (χ1) is 12.2. The number of rotatable bonds is 5. The molecule has 0 radical (unpaired) electrons. The molecular formula is C20H17FO2S2. The van der Waals surface area contributed by atoms with Gasteiger partial charge in [0.2, 0.25) is 0 Å². The van der Waals surface area contributed by atoms with Crippen LogP contribution in [-0.2, 0) is 4.74 Å². The van der Waals surface area contributed by atoms with Crippen molar-refractivity contribution >= 4 is 29.1 Å². The van der Waals surface area contributed by atoms with Crippen molar-refractivity contribution in [1.82, 2.24) is 0 Å². The Morgan fingerprint density at radius 1 is 1.12 bits per heavy atom. The molecule has 25 heavy (non-hydrogen) atoms. The van der Waals surface area contributed by atoms with Crippen LogP contribution in [0.5, 0.6) is 0 Å². The number of carbonyl (C=O) groups is 1. The summed E-state index contributed by atoms with van der Waals surface area (Å²) in [7, 11) is 0. The van der Waals surface area contributed by atoms with E-state index in [0.717, 1.165) is 16.0 Å². The Labute approximate surface area is 154 Å². The van der Waals surface area contributed by atoms with Crippen LogP contribution in [0.2, 0.25) is 0 Å². The maximum absolute atomic E-state index is 14.4. The smallest absolute Gasteiger partial charge is 0.348 e. The molecule has 0 unspecified atom stereocenters. The number of hydrogen-bond donors (Lipinski definition) is 0. The summed E-state index contributed by atoms with van der Waals surface area (Å²) in [4.78, 5) is 13.9. The monoisotopic (exact) mass is 372 g/mol. The lowest BCUT2D eigenvalue weighted by Crippen LogP contribution is -2.04. The SMILES string of the molecule is CCOC(=O)c1scc(-c2ccc(SC)cc2)c1-c1ccccc1F. The predicted molar refractivity (Wildman–Crippen MR) is 103 cm³/mol. The molecule has 2 aromatic carbocycles. The van der Waals surface area contributed by atoms with Gasteiger partial charge < -0.3 is 4.74 Å². The molecular weight excluding hydrogens is 355 g/mol. The molecule has 0 atom stereocenters. The Kier molecular flexibility index (Phi) is 5.56. The van der Waals surface area contributed by atoms with Crippen LogP contribution in [0.3, 0.4) is 0 Å². The molecule has 3 rings (SSSR count). The number of hydrogen-bond acceptors (Lipinski definition) is 4. The summed E-state index contributed by atoms with van der Waals surface area (Å²) < 4.78 is 19.6. The number of thioether (sulfide) groups is 1. The van der Waals surface area contributed by atoms with Crippen LogP contribution in [-0.4, -0.2) is 18.8 Å². The molecule has 128 valence electrons. The molecule has 0 aliphatic rings. The quantitative estimate of drug-likeness (QED) is 0.399. The van der Waals surface area contributed by atoms with Crippen LogP contribution in [0.4, 0.5) is 4.39 Å². The van der Waals surface area contributed by atoms with E-state index >= 15 is 0 Å². The van der Waals surface area contributed by atoms with E-state index < -0.39 is 5.97 Å². The zero-order valence-electron chi connectivity index (χ0n) is 13.9. The van der Waals surface area contributed by atoms with Crippen LogP contribution in [0.15, 0.2) is 58.8 Å². The van der Waals surface area contributed by atoms with E-state index in [1.807, 2.05) is 35.9 Å². The van der Waals surface area contributed by atoms with Gasteiger partial charge in [-0.3, -0.25) is 0 Å². The highest BCUT2D eigenvalue weighted by Gasteiger charge is 2.23. The van der Waals surface area contributed by atoms with Gasteiger partial charge in [0, 0.05) is 27.0 Å². The average Bonchev–Trinajstić information content (AvgIpc) is 3.07. The number of halogens is 1. The summed E-state index contributed by atoms with van der Waals surface area (Å²) >= 11 is 2.95. The van der Waals surface area contributed by atoms with Gasteiger partial charge in [-0.25, -0.2) is 9.18 Å². The summed E-state index contributed by atoms with van der Waals surface area (Å²) in [6, 6.07) is 14.5. The van der Waals surface area contributed by atoms with Crippen molar-refractivity contribution in [3.05, 3.63) is 64.6 Å². The summed E-state index contributed by atoms with van der Waals surface area (Å²) in [6.07, 6.45) is 2.02. The van der Waals surface area contributed by atoms with E-state index in [4.69, 9.17) is 4.74 Å². The Hall–Kier alpha value is -2.11. The van der Waals surface area contributed by atoms with Gasteiger partial charge >= 0.3 is 5.97 Å². The van der Waals surface area contributed by atoms with Gasteiger partial charge in [0.05, 0.1) is 6.61 Å². The third-order valence-corrected chi connectivity index (χ3v) is 5.50. The topological polar surface area (TPSA) is 26.3 Å². The lowest BCUT2D eigenvalue weighted by atomic mass is 9.96. The van der Waals surface area contributed by atoms with Gasteiger partial charge in [-0.1, -0.05) is 30.3 Å². The molecule has 0 bridgehead atoms. The van der Waals surface area contributed by atoms with E-state index in [2.05, 4.69) is 0 Å². The standard InChI is InChI=1S/C20H17FO2S2/c1-3-23-20(22)19-18(15-6-4-5-7-17(15)21)16(12-25-19)13-8-10-14(24-2)11-9-13/h4-12H,3H2,1-2H3. The highest BCUT2D eigenvalue weighted by molar-refractivity contribution is 7.98. The van der Waals surface area contributed by atoms with Crippen molar-refractivity contribution in [3.63, 3.8) is 0 Å². The molecule has 5 heteroatoms. The minimum Gasteiger partial charge on any atom is -0.462 e. The number of carbonyl (C=O) groups excluding carboxylic acids is 1. The van der Waals surface area contributed by atoms with Crippen molar-refractivity contribution in [2.75, 3.05) is 12.9 Å². The van der Waals surface area contributed by atoms with E-state index in [0.29, 0.717) is 16.0 Å². The zero-order valence-corrected chi connectivity index (χ0v) is 15.5. The largest absolute Gasteiger partial charge is 0.462 e. The van der Waals surface area contributed by atoms with Gasteiger partial charge in [-0.15, -0.1) is 23.1 Å². The maximum atomic E-state index is 14.4. The fourth-order valence-electron chi connectivity index (χ4n) is 2.62. The molecule has 0 fully saturated rings. The predicted octanol–water partition coefficient (Wildman–Crippen LogP) is 6.12. The van der Waals surface area contributed by atoms with Gasteiger partial charge in [-0.2, -0.15) is 0 Å². The second-order valence-corrected chi connectivity index (χ2v) is 7.04. The van der Waals surface area contributed by atoms with E-state index in [-0.39, 0.29) is 12.4 Å². The second-order valence-electron chi connectivity index (χ2n) is 5.28.